The van der Waals surface area contributed by atoms with Gasteiger partial charge in [0.15, 0.2) is 23.0 Å². The lowest BCUT2D eigenvalue weighted by molar-refractivity contribution is -0.384. The zero-order valence-corrected chi connectivity index (χ0v) is 32.0. The molecule has 0 aliphatic heterocycles. The molecule has 4 aromatic carbocycles. The lowest BCUT2D eigenvalue weighted by atomic mass is 9.95. The summed E-state index contributed by atoms with van der Waals surface area (Å²) in [5, 5.41) is 14.6. The van der Waals surface area contributed by atoms with E-state index in [-0.39, 0.29) is 73.8 Å². The topological polar surface area (TPSA) is 176 Å². The second-order valence-electron chi connectivity index (χ2n) is 12.8. The van der Waals surface area contributed by atoms with Crippen LogP contribution in [0.4, 0.5) is 16.2 Å². The van der Waals surface area contributed by atoms with Gasteiger partial charge >= 0.3 is 12.1 Å². The molecule has 1 heterocycles. The molecule has 1 amide bonds. The quantitative estimate of drug-likeness (QED) is 0.0736. The predicted octanol–water partition coefficient (Wildman–Crippen LogP) is 7.97. The molecule has 0 radical (unpaired) electrons. The van der Waals surface area contributed by atoms with Crippen LogP contribution in [-0.4, -0.2) is 62.7 Å². The molecule has 0 atom stereocenters. The summed E-state index contributed by atoms with van der Waals surface area (Å²) in [7, 11) is 6.90. The molecule has 1 N–H and O–H groups in total. The minimum atomic E-state index is -0.863. The highest BCUT2D eigenvalue weighted by Crippen LogP contribution is 2.45. The van der Waals surface area contributed by atoms with Crippen LogP contribution in [0.15, 0.2) is 71.5 Å². The molecule has 5 aromatic rings. The number of ether oxygens (including phenoxy) is 7. The van der Waals surface area contributed by atoms with Crippen molar-refractivity contribution in [2.24, 2.45) is 0 Å². The third-order valence-corrected chi connectivity index (χ3v) is 8.56. The summed E-state index contributed by atoms with van der Waals surface area (Å²) in [6, 6.07) is 16.3. The smallest absolute Gasteiger partial charge is 0.412 e. The van der Waals surface area contributed by atoms with Crippen molar-refractivity contribution in [3.05, 3.63) is 103 Å². The van der Waals surface area contributed by atoms with Crippen LogP contribution in [0.2, 0.25) is 5.02 Å². The van der Waals surface area contributed by atoms with Gasteiger partial charge < -0.3 is 33.2 Å². The number of aromatic nitrogens is 1. The van der Waals surface area contributed by atoms with E-state index >= 15 is 0 Å². The second-order valence-corrected chi connectivity index (χ2v) is 13.2. The molecule has 0 unspecified atom stereocenters. The SMILES string of the molecule is COC(=O)c1c(-c2cc(OC)c(OC)c(OC)c2)c2cc(OC)c(OCc3cc([N+](=O)[O-])ccc3Cl)cc2c(=O)n1-c1ccc(NC(=O)OC(C)(C)C)cc1. The van der Waals surface area contributed by atoms with Gasteiger partial charge in [-0.25, -0.2) is 9.59 Å². The number of nitro benzene ring substituents is 1. The molecule has 0 saturated carbocycles. The number of esters is 1. The van der Waals surface area contributed by atoms with Crippen LogP contribution in [0.5, 0.6) is 28.7 Å². The Bertz CT molecular complexity index is 2330. The van der Waals surface area contributed by atoms with Crippen LogP contribution in [0.25, 0.3) is 27.6 Å². The van der Waals surface area contributed by atoms with Gasteiger partial charge in [0.1, 0.15) is 17.9 Å². The molecule has 288 valence electrons. The van der Waals surface area contributed by atoms with E-state index in [9.17, 15) is 24.5 Å². The number of hydrogen-bond acceptors (Lipinski definition) is 12. The molecule has 5 rings (SSSR count). The maximum Gasteiger partial charge on any atom is 0.412 e. The van der Waals surface area contributed by atoms with Gasteiger partial charge in [-0.1, -0.05) is 11.6 Å². The van der Waals surface area contributed by atoms with Crippen molar-refractivity contribution in [2.45, 2.75) is 33.0 Å². The number of fused-ring (bicyclic) bond motifs is 1. The zero-order valence-electron chi connectivity index (χ0n) is 31.2. The van der Waals surface area contributed by atoms with Gasteiger partial charge in [0.25, 0.3) is 11.2 Å². The Labute approximate surface area is 320 Å². The molecule has 15 nitrogen and oxygen atoms in total. The maximum atomic E-state index is 14.7. The average Bonchev–Trinajstić information content (AvgIpc) is 3.15. The first-order valence-electron chi connectivity index (χ1n) is 16.5. The minimum absolute atomic E-state index is 0.0771. The summed E-state index contributed by atoms with van der Waals surface area (Å²) >= 11 is 6.35. The number of pyridine rings is 1. The van der Waals surface area contributed by atoms with E-state index in [2.05, 4.69) is 5.32 Å². The molecule has 0 aliphatic rings. The van der Waals surface area contributed by atoms with Gasteiger partial charge in [-0.15, -0.1) is 0 Å². The molecule has 0 fully saturated rings. The second kappa shape index (κ2) is 16.3. The number of rotatable bonds is 12. The van der Waals surface area contributed by atoms with E-state index in [1.807, 2.05) is 0 Å². The highest BCUT2D eigenvalue weighted by molar-refractivity contribution is 6.31. The fraction of sp³-hybridized carbons (Fsp3) is 0.256. The summed E-state index contributed by atoms with van der Waals surface area (Å²) in [6.07, 6.45) is -0.684. The number of nitrogens with one attached hydrogen (secondary N) is 1. The van der Waals surface area contributed by atoms with Crippen LogP contribution >= 0.6 is 11.6 Å². The van der Waals surface area contributed by atoms with Gasteiger partial charge in [0.2, 0.25) is 5.75 Å². The van der Waals surface area contributed by atoms with Crippen molar-refractivity contribution in [1.29, 1.82) is 0 Å². The molecule has 0 bridgehead atoms. The highest BCUT2D eigenvalue weighted by Gasteiger charge is 2.29. The number of methoxy groups -OCH3 is 5. The Kier molecular flexibility index (Phi) is 11.7. The number of non-ortho nitro benzene ring substituents is 1. The van der Waals surface area contributed by atoms with Gasteiger partial charge in [0.05, 0.1) is 45.9 Å². The van der Waals surface area contributed by atoms with E-state index in [0.717, 1.165) is 0 Å². The van der Waals surface area contributed by atoms with E-state index in [0.29, 0.717) is 16.8 Å². The number of carbonyl (C=O) groups is 2. The van der Waals surface area contributed by atoms with Gasteiger partial charge in [-0.05, 0) is 80.9 Å². The summed E-state index contributed by atoms with van der Waals surface area (Å²) in [4.78, 5) is 52.0. The number of nitrogens with zero attached hydrogens (tertiary/aromatic N) is 2. The Balaban J connectivity index is 1.81. The summed E-state index contributed by atoms with van der Waals surface area (Å²) in [5.41, 5.74) is -0.240. The van der Waals surface area contributed by atoms with Gasteiger partial charge in [-0.3, -0.25) is 24.8 Å². The number of benzene rings is 4. The zero-order chi connectivity index (χ0) is 40.2. The lowest BCUT2D eigenvalue weighted by Gasteiger charge is -2.22. The number of amides is 1. The Morgan fingerprint density at radius 3 is 1.98 bits per heavy atom. The average molecular weight is 776 g/mol. The third-order valence-electron chi connectivity index (χ3n) is 8.19. The molecule has 0 spiro atoms. The van der Waals surface area contributed by atoms with Crippen molar-refractivity contribution >= 4 is 45.8 Å². The normalized spacial score (nSPS) is 11.1. The van der Waals surface area contributed by atoms with Gasteiger partial charge in [0, 0.05) is 45.0 Å². The van der Waals surface area contributed by atoms with Crippen molar-refractivity contribution < 1.29 is 47.7 Å². The van der Waals surface area contributed by atoms with Crippen molar-refractivity contribution in [1.82, 2.24) is 4.57 Å². The monoisotopic (exact) mass is 775 g/mol. The third kappa shape index (κ3) is 8.36. The lowest BCUT2D eigenvalue weighted by Crippen LogP contribution is -2.27. The van der Waals surface area contributed by atoms with Crippen LogP contribution in [0, 0.1) is 10.1 Å². The Morgan fingerprint density at radius 2 is 1.44 bits per heavy atom. The number of hydrogen-bond donors (Lipinski definition) is 1. The molecular weight excluding hydrogens is 738 g/mol. The molecule has 16 heteroatoms. The molecular formula is C39H38ClN3O12. The number of anilines is 1. The first-order valence-corrected chi connectivity index (χ1v) is 16.9. The van der Waals surface area contributed by atoms with Crippen molar-refractivity contribution in [3.8, 4) is 45.6 Å². The highest BCUT2D eigenvalue weighted by atomic mass is 35.5. The number of halogens is 1. The van der Waals surface area contributed by atoms with Gasteiger partial charge in [-0.2, -0.15) is 0 Å². The van der Waals surface area contributed by atoms with Crippen LogP contribution in [-0.2, 0) is 16.1 Å². The van der Waals surface area contributed by atoms with Crippen LogP contribution in [0.3, 0.4) is 0 Å². The van der Waals surface area contributed by atoms with Crippen molar-refractivity contribution in [3.63, 3.8) is 0 Å². The summed E-state index contributed by atoms with van der Waals surface area (Å²) in [5.74, 6) is 0.201. The van der Waals surface area contributed by atoms with E-state index in [1.165, 1.54) is 82.6 Å². The Morgan fingerprint density at radius 1 is 0.818 bits per heavy atom. The standard InChI is InChI=1S/C39H38ClN3O12/c1-39(2,3)55-38(46)41-23-9-11-24(12-10-23)42-34(37(45)53-8)33(21-16-31(50-5)35(52-7)32(17-21)51-6)26-18-29(49-4)30(19-27(26)36(42)44)54-20-22-15-25(43(47)48)13-14-28(22)40/h9-19H,20H2,1-8H3,(H,41,46). The first-order chi connectivity index (χ1) is 26.1. The van der Waals surface area contributed by atoms with Crippen LogP contribution < -0.4 is 34.6 Å². The predicted molar refractivity (Wildman–Crippen MR) is 205 cm³/mol. The minimum Gasteiger partial charge on any atom is -0.493 e. The first kappa shape index (κ1) is 39.7. The summed E-state index contributed by atoms with van der Waals surface area (Å²) in [6.45, 7) is 4.98. The fourth-order valence-electron chi connectivity index (χ4n) is 5.79. The largest absolute Gasteiger partial charge is 0.493 e. The molecule has 55 heavy (non-hydrogen) atoms. The van der Waals surface area contributed by atoms with E-state index < -0.39 is 28.1 Å². The maximum absolute atomic E-state index is 14.7. The Hall–Kier alpha value is -6.48. The number of carbonyl (C=O) groups excluding carboxylic acids is 2. The van der Waals surface area contributed by atoms with Crippen LogP contribution in [0.1, 0.15) is 36.8 Å². The molecule has 0 aliphatic carbocycles. The van der Waals surface area contributed by atoms with E-state index in [1.54, 1.807) is 45.0 Å². The summed E-state index contributed by atoms with van der Waals surface area (Å²) < 4.78 is 40.4. The number of nitro groups is 1. The molecule has 0 saturated heterocycles. The van der Waals surface area contributed by atoms with Crippen molar-refractivity contribution in [2.75, 3.05) is 40.9 Å². The molecule has 1 aromatic heterocycles. The fourth-order valence-corrected chi connectivity index (χ4v) is 5.96. The van der Waals surface area contributed by atoms with E-state index in [4.69, 9.17) is 44.8 Å².